The molecular weight excluding hydrogens is 1850 g/mol. The Labute approximate surface area is 808 Å². The highest BCUT2D eigenvalue weighted by Crippen LogP contribution is 2.54. The topological polar surface area (TPSA) is 489 Å². The number of nitrogens with two attached hydrogens (primary N) is 2. The van der Waals surface area contributed by atoms with Crippen LogP contribution in [0.2, 0.25) is 0 Å². The van der Waals surface area contributed by atoms with Gasteiger partial charge in [-0.25, -0.2) is 43.2 Å². The minimum absolute atomic E-state index is 0.000487. The van der Waals surface area contributed by atoms with Gasteiger partial charge < -0.3 is 113 Å². The first-order chi connectivity index (χ1) is 66.0. The first-order valence-corrected chi connectivity index (χ1v) is 43.2. The number of aliphatic carboxylic acids is 2. The van der Waals surface area contributed by atoms with Crippen LogP contribution in [0, 0.1) is 138 Å². The SMILES string of the molecule is COc1c(C)c(OC(=O)c2c(C)c(C)c(OC(=O)c3c(C)cc(O)c(C)c3OC(=O)c3c(C)c(-c4cc(CC(N)C(=O)O)ccc4Oc4ccc(CC(N)C(=O)O)cc4-c4c(C)c(C(=O)Oc5c(C)c(OC(=O)C(F)(F)F)cc(C)c5C(=O)Oc5c(C)c(C)c(C(=O)Oc6c(C)c(C)c(C(=O)O)c(OC)c6C)c(OC)c5C)c(OC)c(C)c4OC)c(OC)c(C)c3OC)c(C)c2OC)c(C)c(C)c1C(=O)O. The Bertz CT molecular complexity index is 6980. The molecular formula is C104H107F3N2O32. The van der Waals surface area contributed by atoms with Crippen LogP contribution in [0.4, 0.5) is 13.2 Å². The van der Waals surface area contributed by atoms with Crippen molar-refractivity contribution in [1.29, 1.82) is 0 Å². The third-order valence-electron chi connectivity index (χ3n) is 25.2. The quantitative estimate of drug-likeness (QED) is 0.0148. The zero-order chi connectivity index (χ0) is 105. The van der Waals surface area contributed by atoms with Crippen molar-refractivity contribution in [1.82, 2.24) is 0 Å². The fourth-order valence-corrected chi connectivity index (χ4v) is 17.5. The summed E-state index contributed by atoms with van der Waals surface area (Å²) in [5, 5.41) is 52.4. The minimum Gasteiger partial charge on any atom is -0.508 e. The molecule has 10 aromatic carbocycles. The monoisotopic (exact) mass is 1950 g/mol. The Hall–Kier alpha value is -15.9. The Balaban J connectivity index is 1.12. The predicted molar refractivity (Wildman–Crippen MR) is 505 cm³/mol. The van der Waals surface area contributed by atoms with Crippen molar-refractivity contribution in [3.63, 3.8) is 0 Å². The summed E-state index contributed by atoms with van der Waals surface area (Å²) in [6, 6.07) is 7.75. The zero-order valence-corrected chi connectivity index (χ0v) is 82.7. The van der Waals surface area contributed by atoms with Crippen LogP contribution in [0.15, 0.2) is 48.5 Å². The molecule has 0 aliphatic heterocycles. The number of carbonyl (C=O) groups is 11. The maximum atomic E-state index is 16.0. The van der Waals surface area contributed by atoms with Crippen LogP contribution < -0.4 is 87.3 Å². The number of benzene rings is 10. The molecule has 10 aromatic rings. The van der Waals surface area contributed by atoms with Crippen molar-refractivity contribution < 1.29 is 167 Å². The number of methoxy groups -OCH3 is 8. The number of aromatic carboxylic acids is 2. The van der Waals surface area contributed by atoms with Crippen LogP contribution in [0.1, 0.15) is 205 Å². The number of carbonyl (C=O) groups excluding carboxylic acids is 7. The third kappa shape index (κ3) is 20.0. The number of phenols is 1. The van der Waals surface area contributed by atoms with Crippen molar-refractivity contribution >= 4 is 65.7 Å². The van der Waals surface area contributed by atoms with Crippen LogP contribution in [0.5, 0.6) is 103 Å². The maximum absolute atomic E-state index is 16.0. The minimum atomic E-state index is -5.61. The number of phenolic OH excluding ortho intramolecular Hbond substituents is 1. The normalized spacial score (nSPS) is 11.6. The average molecular weight is 1950 g/mol. The van der Waals surface area contributed by atoms with E-state index in [1.807, 2.05) is 0 Å². The van der Waals surface area contributed by atoms with Crippen LogP contribution in [0.3, 0.4) is 0 Å². The summed E-state index contributed by atoms with van der Waals surface area (Å²) in [5.41, 5.74) is 11.9. The molecule has 0 aliphatic carbocycles. The predicted octanol–water partition coefficient (Wildman–Crippen LogP) is 17.8. The fourth-order valence-electron chi connectivity index (χ4n) is 17.5. The summed E-state index contributed by atoms with van der Waals surface area (Å²) in [6.07, 6.45) is -6.34. The van der Waals surface area contributed by atoms with Crippen molar-refractivity contribution in [3.05, 3.63) is 215 Å². The van der Waals surface area contributed by atoms with Gasteiger partial charge in [0.2, 0.25) is 0 Å². The number of esters is 7. The van der Waals surface area contributed by atoms with Crippen LogP contribution >= 0.6 is 0 Å². The van der Waals surface area contributed by atoms with Gasteiger partial charge in [-0.3, -0.25) is 9.59 Å². The van der Waals surface area contributed by atoms with E-state index in [0.717, 1.165) is 13.0 Å². The van der Waals surface area contributed by atoms with E-state index in [-0.39, 0.29) is 260 Å². The number of hydrogen-bond donors (Lipinski definition) is 7. The second kappa shape index (κ2) is 42.2. The first-order valence-electron chi connectivity index (χ1n) is 43.2. The van der Waals surface area contributed by atoms with Crippen LogP contribution in [-0.4, -0.2) is 166 Å². The van der Waals surface area contributed by atoms with Gasteiger partial charge in [-0.15, -0.1) is 0 Å². The van der Waals surface area contributed by atoms with E-state index < -0.39 is 124 Å². The molecule has 2 atom stereocenters. The molecule has 0 amide bonds. The van der Waals surface area contributed by atoms with E-state index in [1.54, 1.807) is 27.7 Å². The number of aryl methyl sites for hydroxylation is 2. The second-order valence-corrected chi connectivity index (χ2v) is 33.5. The van der Waals surface area contributed by atoms with E-state index >= 15 is 19.2 Å². The summed E-state index contributed by atoms with van der Waals surface area (Å²) < 4.78 is 139. The summed E-state index contributed by atoms with van der Waals surface area (Å²) in [7, 11) is 9.97. The molecule has 0 aliphatic rings. The Kier molecular flexibility index (Phi) is 32.0. The van der Waals surface area contributed by atoms with Gasteiger partial charge in [0, 0.05) is 66.8 Å². The highest BCUT2D eigenvalue weighted by Gasteiger charge is 2.44. The molecule has 37 heteroatoms. The summed E-state index contributed by atoms with van der Waals surface area (Å²) in [6.45, 7) is 29.1. The van der Waals surface area contributed by atoms with Crippen LogP contribution in [-0.2, 0) is 27.2 Å². The summed E-state index contributed by atoms with van der Waals surface area (Å²) in [5.74, 6) is -19.4. The average Bonchev–Trinajstić information content (AvgIpc) is 0.742. The summed E-state index contributed by atoms with van der Waals surface area (Å²) >= 11 is 0. The van der Waals surface area contributed by atoms with Crippen molar-refractivity contribution in [2.24, 2.45) is 11.5 Å². The Morgan fingerprint density at radius 1 is 0.284 bits per heavy atom. The van der Waals surface area contributed by atoms with Gasteiger partial charge in [0.05, 0.1) is 56.9 Å². The van der Waals surface area contributed by atoms with Crippen molar-refractivity contribution in [3.8, 4) is 126 Å². The lowest BCUT2D eigenvalue weighted by atomic mass is 9.89. The van der Waals surface area contributed by atoms with Crippen molar-refractivity contribution in [2.45, 2.75) is 170 Å². The lowest BCUT2D eigenvalue weighted by molar-refractivity contribution is -0.189. The van der Waals surface area contributed by atoms with Crippen molar-refractivity contribution in [2.75, 3.05) is 56.9 Å². The van der Waals surface area contributed by atoms with E-state index in [4.69, 9.17) is 87.3 Å². The molecule has 0 aromatic heterocycles. The number of carboxylic acids is 4. The number of ether oxygens (including phenoxy) is 16. The molecule has 0 bridgehead atoms. The van der Waals surface area contributed by atoms with Gasteiger partial charge in [0.25, 0.3) is 0 Å². The molecule has 0 saturated heterocycles. The van der Waals surface area contributed by atoms with Gasteiger partial charge in [-0.05, 0) is 266 Å². The number of aromatic hydroxyl groups is 1. The Morgan fingerprint density at radius 3 is 0.823 bits per heavy atom. The van der Waals surface area contributed by atoms with E-state index in [9.17, 15) is 72.3 Å². The Morgan fingerprint density at radius 2 is 0.539 bits per heavy atom. The molecule has 9 N–H and O–H groups in total. The molecule has 2 unspecified atom stereocenters. The first kappa shape index (κ1) is 107. The molecule has 0 radical (unpaired) electrons. The molecule has 0 fully saturated rings. The zero-order valence-electron chi connectivity index (χ0n) is 82.7. The molecule has 141 heavy (non-hydrogen) atoms. The van der Waals surface area contributed by atoms with E-state index in [1.165, 1.54) is 203 Å². The maximum Gasteiger partial charge on any atom is 0.491 e. The number of rotatable bonds is 33. The molecule has 0 saturated carbocycles. The third-order valence-corrected chi connectivity index (χ3v) is 25.2. The molecule has 10 rings (SSSR count). The molecule has 34 nitrogen and oxygen atoms in total. The van der Waals surface area contributed by atoms with Gasteiger partial charge in [-0.2, -0.15) is 13.2 Å². The highest BCUT2D eigenvalue weighted by atomic mass is 19.4. The standard InChI is InChI=1S/C104H107F3N2O32/c1-39-33-65(110)49(11)91(69(39)97(119)136-81-47(9)43(5)75(87(130-25)55(81)17)99(121)138-79-45(7)41(3)73(95(115)116)85(128-23)53(79)15)140-101(123)77-51(13)71(83(126-21)57(19)89(77)132-27)61-35-59(37-63(108)93(111)112)29-31-66(61)134-67-32-30-60(38-64(109)94(113)114)36-62(67)72-52(14)78(90(133-28)58(20)84(72)127-22)102(124)141-92-50(12)68(135-103(125)104(105,106)107)34-40(2)70(92)98(120)137-82-48(10)44(6)76(88(131-26)56(82)18)100(122)139-80-46(8)42(4)74(96(117)118)86(129-24)54(80)16/h29-36,63-64,110H,37-38,108-109H2,1-28H3,(H,111,112)(H,113,114)(H,115,116)(H,117,118). The van der Waals surface area contributed by atoms with Gasteiger partial charge in [0.1, 0.15) is 149 Å². The van der Waals surface area contributed by atoms with Gasteiger partial charge in [0.15, 0.2) is 11.5 Å². The van der Waals surface area contributed by atoms with Crippen LogP contribution in [0.25, 0.3) is 22.3 Å². The lowest BCUT2D eigenvalue weighted by Gasteiger charge is -2.25. The van der Waals surface area contributed by atoms with E-state index in [2.05, 4.69) is 0 Å². The molecule has 0 heterocycles. The lowest BCUT2D eigenvalue weighted by Crippen LogP contribution is -2.32. The highest BCUT2D eigenvalue weighted by molar-refractivity contribution is 6.07. The number of hydrogen-bond acceptors (Lipinski definition) is 30. The summed E-state index contributed by atoms with van der Waals surface area (Å²) in [4.78, 5) is 154. The second-order valence-electron chi connectivity index (χ2n) is 33.5. The molecule has 0 spiro atoms. The molecule has 746 valence electrons. The number of alkyl halides is 3. The smallest absolute Gasteiger partial charge is 0.491 e. The largest absolute Gasteiger partial charge is 0.508 e. The van der Waals surface area contributed by atoms with Gasteiger partial charge in [-0.1, -0.05) is 12.1 Å². The van der Waals surface area contributed by atoms with Gasteiger partial charge >= 0.3 is 71.8 Å². The number of carboxylic acid groups (broad SMARTS) is 4. The van der Waals surface area contributed by atoms with E-state index in [0.29, 0.717) is 5.56 Å². The fraction of sp³-hybridized carbons (Fsp3) is 0.317. The number of halogens is 3.